The van der Waals surface area contributed by atoms with Crippen molar-refractivity contribution < 1.29 is 4.79 Å². The van der Waals surface area contributed by atoms with Crippen molar-refractivity contribution >= 4 is 11.6 Å². The van der Waals surface area contributed by atoms with Gasteiger partial charge in [0.05, 0.1) is 11.8 Å². The summed E-state index contributed by atoms with van der Waals surface area (Å²) >= 11 is 0. The summed E-state index contributed by atoms with van der Waals surface area (Å²) in [6.45, 7) is 3.13. The van der Waals surface area contributed by atoms with Gasteiger partial charge in [-0.15, -0.1) is 0 Å². The highest BCUT2D eigenvalue weighted by atomic mass is 16.2. The SMILES string of the molecule is CCN(Cc1cccc(N)c1)C(=O)c1cn[nH]c1. The van der Waals surface area contributed by atoms with Gasteiger partial charge in [-0.2, -0.15) is 5.10 Å². The minimum atomic E-state index is -0.0336. The van der Waals surface area contributed by atoms with Crippen LogP contribution in [-0.2, 0) is 6.54 Å². The molecule has 2 aromatic rings. The van der Waals surface area contributed by atoms with Crippen LogP contribution in [0.4, 0.5) is 5.69 Å². The third-order valence-corrected chi connectivity index (χ3v) is 2.74. The lowest BCUT2D eigenvalue weighted by atomic mass is 10.2. The molecule has 18 heavy (non-hydrogen) atoms. The number of carbonyl (C=O) groups excluding carboxylic acids is 1. The molecule has 0 unspecified atom stereocenters. The summed E-state index contributed by atoms with van der Waals surface area (Å²) < 4.78 is 0. The minimum Gasteiger partial charge on any atom is -0.399 e. The van der Waals surface area contributed by atoms with Gasteiger partial charge in [-0.1, -0.05) is 12.1 Å². The Morgan fingerprint density at radius 2 is 2.33 bits per heavy atom. The van der Waals surface area contributed by atoms with Gasteiger partial charge in [0, 0.05) is 25.0 Å². The van der Waals surface area contributed by atoms with E-state index in [4.69, 9.17) is 5.73 Å². The zero-order chi connectivity index (χ0) is 13.0. The molecule has 0 radical (unpaired) electrons. The van der Waals surface area contributed by atoms with E-state index >= 15 is 0 Å². The van der Waals surface area contributed by atoms with Crippen LogP contribution in [-0.4, -0.2) is 27.5 Å². The molecule has 5 nitrogen and oxygen atoms in total. The van der Waals surface area contributed by atoms with Gasteiger partial charge in [0.15, 0.2) is 0 Å². The maximum absolute atomic E-state index is 12.2. The summed E-state index contributed by atoms with van der Waals surface area (Å²) in [6.07, 6.45) is 3.13. The molecule has 0 spiro atoms. The number of H-pyrrole nitrogens is 1. The zero-order valence-corrected chi connectivity index (χ0v) is 10.3. The molecule has 0 atom stereocenters. The number of nitrogens with zero attached hydrogens (tertiary/aromatic N) is 2. The number of nitrogen functional groups attached to an aromatic ring is 1. The summed E-state index contributed by atoms with van der Waals surface area (Å²) in [7, 11) is 0. The summed E-state index contributed by atoms with van der Waals surface area (Å²) in [6, 6.07) is 7.56. The molecule has 0 saturated heterocycles. The molecule has 0 aliphatic heterocycles. The Morgan fingerprint density at radius 1 is 1.50 bits per heavy atom. The monoisotopic (exact) mass is 244 g/mol. The van der Waals surface area contributed by atoms with Crippen LogP contribution in [0.25, 0.3) is 0 Å². The molecule has 0 fully saturated rings. The molecular formula is C13H16N4O. The van der Waals surface area contributed by atoms with E-state index in [0.29, 0.717) is 24.3 Å². The van der Waals surface area contributed by atoms with Crippen LogP contribution in [0.15, 0.2) is 36.7 Å². The average Bonchev–Trinajstić information content (AvgIpc) is 2.89. The van der Waals surface area contributed by atoms with Crippen LogP contribution in [0, 0.1) is 0 Å². The summed E-state index contributed by atoms with van der Waals surface area (Å²) in [5.41, 5.74) is 8.03. The zero-order valence-electron chi connectivity index (χ0n) is 10.3. The van der Waals surface area contributed by atoms with Gasteiger partial charge in [0.2, 0.25) is 0 Å². The van der Waals surface area contributed by atoms with Crippen LogP contribution in [0.5, 0.6) is 0 Å². The standard InChI is InChI=1S/C13H16N4O/c1-2-17(13(18)11-7-15-16-8-11)9-10-4-3-5-12(14)6-10/h3-8H,2,9,14H2,1H3,(H,15,16). The maximum atomic E-state index is 12.2. The number of carbonyl (C=O) groups is 1. The highest BCUT2D eigenvalue weighted by Gasteiger charge is 2.15. The molecule has 5 heteroatoms. The van der Waals surface area contributed by atoms with Gasteiger partial charge in [-0.05, 0) is 24.6 Å². The van der Waals surface area contributed by atoms with Crippen LogP contribution >= 0.6 is 0 Å². The number of rotatable bonds is 4. The summed E-state index contributed by atoms with van der Waals surface area (Å²) in [5, 5.41) is 6.43. The smallest absolute Gasteiger partial charge is 0.257 e. The van der Waals surface area contributed by atoms with Crippen molar-refractivity contribution in [3.05, 3.63) is 47.8 Å². The Balaban J connectivity index is 2.12. The Kier molecular flexibility index (Phi) is 3.62. The maximum Gasteiger partial charge on any atom is 0.257 e. The Hall–Kier alpha value is -2.30. The first-order valence-electron chi connectivity index (χ1n) is 5.83. The van der Waals surface area contributed by atoms with Crippen molar-refractivity contribution in [3.63, 3.8) is 0 Å². The molecule has 0 saturated carbocycles. The summed E-state index contributed by atoms with van der Waals surface area (Å²) in [5.74, 6) is -0.0336. The van der Waals surface area contributed by atoms with E-state index in [9.17, 15) is 4.79 Å². The van der Waals surface area contributed by atoms with E-state index in [1.807, 2.05) is 31.2 Å². The van der Waals surface area contributed by atoms with E-state index in [2.05, 4.69) is 10.2 Å². The van der Waals surface area contributed by atoms with Crippen molar-refractivity contribution in [3.8, 4) is 0 Å². The Labute approximate surface area is 106 Å². The van der Waals surface area contributed by atoms with E-state index < -0.39 is 0 Å². The number of hydrogen-bond donors (Lipinski definition) is 2. The molecule has 1 amide bonds. The van der Waals surface area contributed by atoms with Gasteiger partial charge >= 0.3 is 0 Å². The topological polar surface area (TPSA) is 75.0 Å². The van der Waals surface area contributed by atoms with E-state index in [0.717, 1.165) is 5.56 Å². The van der Waals surface area contributed by atoms with Gasteiger partial charge in [0.1, 0.15) is 0 Å². The molecule has 94 valence electrons. The van der Waals surface area contributed by atoms with E-state index in [1.165, 1.54) is 6.20 Å². The number of aromatic amines is 1. The normalized spacial score (nSPS) is 10.3. The van der Waals surface area contributed by atoms with Crippen molar-refractivity contribution in [2.24, 2.45) is 0 Å². The molecule has 2 rings (SSSR count). The third-order valence-electron chi connectivity index (χ3n) is 2.74. The fraction of sp³-hybridized carbons (Fsp3) is 0.231. The van der Waals surface area contributed by atoms with Crippen molar-refractivity contribution in [2.45, 2.75) is 13.5 Å². The highest BCUT2D eigenvalue weighted by molar-refractivity contribution is 5.93. The molecule has 1 heterocycles. The number of anilines is 1. The predicted molar refractivity (Wildman–Crippen MR) is 69.9 cm³/mol. The van der Waals surface area contributed by atoms with E-state index in [-0.39, 0.29) is 5.91 Å². The fourth-order valence-electron chi connectivity index (χ4n) is 1.79. The summed E-state index contributed by atoms with van der Waals surface area (Å²) in [4.78, 5) is 13.9. The molecular weight excluding hydrogens is 228 g/mol. The Bertz CT molecular complexity index is 522. The second kappa shape index (κ2) is 5.35. The number of amides is 1. The van der Waals surface area contributed by atoms with Gasteiger partial charge in [-0.25, -0.2) is 0 Å². The van der Waals surface area contributed by atoms with Gasteiger partial charge in [-0.3, -0.25) is 9.89 Å². The number of benzene rings is 1. The quantitative estimate of drug-likeness (QED) is 0.803. The third kappa shape index (κ3) is 2.68. The number of nitrogens with one attached hydrogen (secondary N) is 1. The van der Waals surface area contributed by atoms with Crippen LogP contribution in [0.3, 0.4) is 0 Å². The van der Waals surface area contributed by atoms with Crippen LogP contribution < -0.4 is 5.73 Å². The first kappa shape index (κ1) is 12.2. The molecule has 1 aromatic carbocycles. The fourth-order valence-corrected chi connectivity index (χ4v) is 1.79. The van der Waals surface area contributed by atoms with Crippen LogP contribution in [0.1, 0.15) is 22.8 Å². The van der Waals surface area contributed by atoms with Gasteiger partial charge < -0.3 is 10.6 Å². The minimum absolute atomic E-state index is 0.0336. The number of hydrogen-bond acceptors (Lipinski definition) is 3. The molecule has 0 aliphatic carbocycles. The first-order valence-corrected chi connectivity index (χ1v) is 5.83. The molecule has 1 aromatic heterocycles. The molecule has 0 aliphatic rings. The first-order chi connectivity index (χ1) is 8.70. The van der Waals surface area contributed by atoms with Crippen molar-refractivity contribution in [2.75, 3.05) is 12.3 Å². The number of nitrogens with two attached hydrogens (primary N) is 1. The van der Waals surface area contributed by atoms with Crippen molar-refractivity contribution in [1.82, 2.24) is 15.1 Å². The number of aromatic nitrogens is 2. The van der Waals surface area contributed by atoms with E-state index in [1.54, 1.807) is 11.1 Å². The Morgan fingerprint density at radius 3 is 2.94 bits per heavy atom. The lowest BCUT2D eigenvalue weighted by molar-refractivity contribution is 0.0752. The van der Waals surface area contributed by atoms with Gasteiger partial charge in [0.25, 0.3) is 5.91 Å². The highest BCUT2D eigenvalue weighted by Crippen LogP contribution is 2.11. The molecule has 3 N–H and O–H groups in total. The van der Waals surface area contributed by atoms with Crippen LogP contribution in [0.2, 0.25) is 0 Å². The van der Waals surface area contributed by atoms with Crippen molar-refractivity contribution in [1.29, 1.82) is 0 Å². The lowest BCUT2D eigenvalue weighted by Gasteiger charge is -2.20. The lowest BCUT2D eigenvalue weighted by Crippen LogP contribution is -2.30. The second-order valence-corrected chi connectivity index (χ2v) is 4.05. The largest absolute Gasteiger partial charge is 0.399 e. The second-order valence-electron chi connectivity index (χ2n) is 4.05. The molecule has 0 bridgehead atoms. The average molecular weight is 244 g/mol. The predicted octanol–water partition coefficient (Wildman–Crippen LogP) is 1.65.